The lowest BCUT2D eigenvalue weighted by Crippen LogP contribution is -2.21. The minimum atomic E-state index is -0.747. The molecule has 0 radical (unpaired) electrons. The molecule has 2 heterocycles. The zero-order valence-electron chi connectivity index (χ0n) is 17.1. The summed E-state index contributed by atoms with van der Waals surface area (Å²) in [5.41, 5.74) is 2.79. The molecule has 0 saturated heterocycles. The number of nitrogens with one attached hydrogen (secondary N) is 2. The number of carbonyl (C=O) groups excluding carboxylic acids is 3. The summed E-state index contributed by atoms with van der Waals surface area (Å²) < 4.78 is 9.83. The van der Waals surface area contributed by atoms with Crippen LogP contribution in [0.5, 0.6) is 0 Å². The second-order valence-corrected chi connectivity index (χ2v) is 8.23. The van der Waals surface area contributed by atoms with E-state index in [1.54, 1.807) is 13.8 Å². The predicted octanol–water partition coefficient (Wildman–Crippen LogP) is 3.42. The third kappa shape index (κ3) is 4.24. The average molecular weight is 429 g/mol. The first kappa shape index (κ1) is 21.6. The number of fused-ring (bicyclic) bond motifs is 1. The maximum atomic E-state index is 12.4. The Labute approximate surface area is 178 Å². The van der Waals surface area contributed by atoms with Gasteiger partial charge in [0, 0.05) is 10.6 Å². The molecule has 3 rings (SSSR count). The molecule has 0 fully saturated rings. The first-order valence-corrected chi connectivity index (χ1v) is 10.5. The quantitative estimate of drug-likeness (QED) is 0.555. The number of methoxy groups -OCH3 is 1. The normalized spacial score (nSPS) is 13.0. The SMILES string of the molecule is COC(=O)c1c(C)[nH]c(C(=O)OCC(=O)Nc2sc3c(c2C#N)CCCCC3)c1C. The summed E-state index contributed by atoms with van der Waals surface area (Å²) in [7, 11) is 1.26. The van der Waals surface area contributed by atoms with Crippen LogP contribution >= 0.6 is 11.3 Å². The molecule has 30 heavy (non-hydrogen) atoms. The Bertz CT molecular complexity index is 1040. The lowest BCUT2D eigenvalue weighted by Gasteiger charge is -2.06. The number of ether oxygens (including phenoxy) is 2. The van der Waals surface area contributed by atoms with Gasteiger partial charge in [-0.3, -0.25) is 4.79 Å². The summed E-state index contributed by atoms with van der Waals surface area (Å²) in [5, 5.41) is 12.7. The number of aromatic amines is 1. The van der Waals surface area contributed by atoms with Crippen LogP contribution in [-0.4, -0.2) is 36.5 Å². The van der Waals surface area contributed by atoms with Crippen LogP contribution in [0.25, 0.3) is 0 Å². The monoisotopic (exact) mass is 429 g/mol. The number of H-pyrrole nitrogens is 1. The minimum absolute atomic E-state index is 0.0984. The Morgan fingerprint density at radius 3 is 2.60 bits per heavy atom. The van der Waals surface area contributed by atoms with Crippen molar-refractivity contribution in [2.24, 2.45) is 0 Å². The van der Waals surface area contributed by atoms with Crippen molar-refractivity contribution in [2.45, 2.75) is 46.0 Å². The van der Waals surface area contributed by atoms with Crippen LogP contribution in [0, 0.1) is 25.2 Å². The van der Waals surface area contributed by atoms with E-state index in [4.69, 9.17) is 9.47 Å². The Balaban J connectivity index is 1.67. The molecule has 2 N–H and O–H groups in total. The van der Waals surface area contributed by atoms with Gasteiger partial charge in [0.2, 0.25) is 0 Å². The van der Waals surface area contributed by atoms with Crippen molar-refractivity contribution in [3.8, 4) is 6.07 Å². The van der Waals surface area contributed by atoms with Gasteiger partial charge in [-0.15, -0.1) is 11.3 Å². The van der Waals surface area contributed by atoms with Gasteiger partial charge >= 0.3 is 11.9 Å². The first-order chi connectivity index (χ1) is 14.4. The molecule has 1 aliphatic rings. The van der Waals surface area contributed by atoms with Gasteiger partial charge in [0.1, 0.15) is 16.8 Å². The molecule has 1 amide bonds. The molecule has 2 aromatic rings. The third-order valence-electron chi connectivity index (χ3n) is 5.15. The topological polar surface area (TPSA) is 121 Å². The highest BCUT2D eigenvalue weighted by Gasteiger charge is 2.25. The summed E-state index contributed by atoms with van der Waals surface area (Å²) >= 11 is 1.42. The van der Waals surface area contributed by atoms with Gasteiger partial charge in [0.05, 0.1) is 18.2 Å². The highest BCUT2D eigenvalue weighted by atomic mass is 32.1. The number of carbonyl (C=O) groups is 3. The summed E-state index contributed by atoms with van der Waals surface area (Å²) in [5.74, 6) is -1.83. The van der Waals surface area contributed by atoms with Crippen LogP contribution in [-0.2, 0) is 27.1 Å². The van der Waals surface area contributed by atoms with Gasteiger partial charge in [0.25, 0.3) is 5.91 Å². The van der Waals surface area contributed by atoms with E-state index in [9.17, 15) is 19.6 Å². The number of nitrogens with zero attached hydrogens (tertiary/aromatic N) is 1. The lowest BCUT2D eigenvalue weighted by atomic mass is 10.1. The van der Waals surface area contributed by atoms with Crippen molar-refractivity contribution in [3.63, 3.8) is 0 Å². The number of hydrogen-bond acceptors (Lipinski definition) is 7. The summed E-state index contributed by atoms with van der Waals surface area (Å²) in [6, 6.07) is 2.20. The number of aromatic nitrogens is 1. The molecule has 9 heteroatoms. The maximum Gasteiger partial charge on any atom is 0.355 e. The van der Waals surface area contributed by atoms with Crippen LogP contribution in [0.1, 0.15) is 67.4 Å². The van der Waals surface area contributed by atoms with E-state index in [2.05, 4.69) is 16.4 Å². The largest absolute Gasteiger partial charge is 0.465 e. The number of thiophene rings is 1. The molecule has 0 saturated carbocycles. The third-order valence-corrected chi connectivity index (χ3v) is 6.36. The Hall–Kier alpha value is -3.12. The smallest absolute Gasteiger partial charge is 0.355 e. The van der Waals surface area contributed by atoms with Crippen molar-refractivity contribution < 1.29 is 23.9 Å². The van der Waals surface area contributed by atoms with Crippen LogP contribution in [0.3, 0.4) is 0 Å². The summed E-state index contributed by atoms with van der Waals surface area (Å²) in [4.78, 5) is 40.5. The molecule has 0 bridgehead atoms. The fourth-order valence-electron chi connectivity index (χ4n) is 3.68. The van der Waals surface area contributed by atoms with E-state index in [0.29, 0.717) is 21.8 Å². The summed E-state index contributed by atoms with van der Waals surface area (Å²) in [6.45, 7) is 2.74. The highest BCUT2D eigenvalue weighted by molar-refractivity contribution is 7.16. The van der Waals surface area contributed by atoms with E-state index >= 15 is 0 Å². The van der Waals surface area contributed by atoms with E-state index < -0.39 is 24.5 Å². The number of nitriles is 1. The number of aryl methyl sites for hydroxylation is 2. The fourth-order valence-corrected chi connectivity index (χ4v) is 4.93. The molecular weight excluding hydrogens is 406 g/mol. The fraction of sp³-hybridized carbons (Fsp3) is 0.429. The van der Waals surface area contributed by atoms with E-state index in [1.807, 2.05) is 0 Å². The Morgan fingerprint density at radius 2 is 1.90 bits per heavy atom. The van der Waals surface area contributed by atoms with Crippen molar-refractivity contribution >= 4 is 34.2 Å². The molecule has 2 aromatic heterocycles. The average Bonchev–Trinajstić information content (AvgIpc) is 3.10. The van der Waals surface area contributed by atoms with Gasteiger partial charge in [-0.25, -0.2) is 9.59 Å². The van der Waals surface area contributed by atoms with Crippen molar-refractivity contribution in [1.82, 2.24) is 4.98 Å². The second kappa shape index (κ2) is 9.13. The number of anilines is 1. The second-order valence-electron chi connectivity index (χ2n) is 7.12. The first-order valence-electron chi connectivity index (χ1n) is 9.66. The number of esters is 2. The summed E-state index contributed by atoms with van der Waals surface area (Å²) in [6.07, 6.45) is 5.00. The van der Waals surface area contributed by atoms with Gasteiger partial charge in [-0.1, -0.05) is 6.42 Å². The van der Waals surface area contributed by atoms with Crippen LogP contribution < -0.4 is 5.32 Å². The van der Waals surface area contributed by atoms with Crippen molar-refractivity contribution in [3.05, 3.63) is 38.5 Å². The highest BCUT2D eigenvalue weighted by Crippen LogP contribution is 2.36. The Morgan fingerprint density at radius 1 is 1.17 bits per heavy atom. The van der Waals surface area contributed by atoms with Gasteiger partial charge in [-0.05, 0) is 50.7 Å². The lowest BCUT2D eigenvalue weighted by molar-refractivity contribution is -0.119. The van der Waals surface area contributed by atoms with Gasteiger partial charge < -0.3 is 19.8 Å². The van der Waals surface area contributed by atoms with Crippen LogP contribution in [0.4, 0.5) is 5.00 Å². The number of hydrogen-bond donors (Lipinski definition) is 2. The molecule has 1 aliphatic carbocycles. The van der Waals surface area contributed by atoms with Gasteiger partial charge in [0.15, 0.2) is 6.61 Å². The zero-order chi connectivity index (χ0) is 21.8. The number of amides is 1. The zero-order valence-corrected chi connectivity index (χ0v) is 18.0. The van der Waals surface area contributed by atoms with Crippen LogP contribution in [0.15, 0.2) is 0 Å². The van der Waals surface area contributed by atoms with Crippen LogP contribution in [0.2, 0.25) is 0 Å². The molecule has 0 spiro atoms. The minimum Gasteiger partial charge on any atom is -0.465 e. The molecule has 0 aliphatic heterocycles. The molecule has 158 valence electrons. The standard InChI is InChI=1S/C21H23N3O5S/c1-11-17(20(26)28-3)12(2)23-18(11)21(27)29-10-16(25)24-19-14(9-22)13-7-5-4-6-8-15(13)30-19/h23H,4-8,10H2,1-3H3,(H,24,25). The van der Waals surface area contributed by atoms with E-state index in [1.165, 1.54) is 18.4 Å². The predicted molar refractivity (Wildman–Crippen MR) is 111 cm³/mol. The molecular formula is C21H23N3O5S. The van der Waals surface area contributed by atoms with Crippen molar-refractivity contribution in [1.29, 1.82) is 5.26 Å². The van der Waals surface area contributed by atoms with E-state index in [0.717, 1.165) is 42.5 Å². The number of rotatable bonds is 5. The molecule has 0 atom stereocenters. The Kier molecular flexibility index (Phi) is 6.57. The maximum absolute atomic E-state index is 12.4. The molecule has 8 nitrogen and oxygen atoms in total. The molecule has 0 aromatic carbocycles. The van der Waals surface area contributed by atoms with Crippen molar-refractivity contribution in [2.75, 3.05) is 19.0 Å². The van der Waals surface area contributed by atoms with E-state index in [-0.39, 0.29) is 11.3 Å². The molecule has 0 unspecified atom stereocenters. The van der Waals surface area contributed by atoms with Gasteiger partial charge in [-0.2, -0.15) is 5.26 Å².